The van der Waals surface area contributed by atoms with Gasteiger partial charge in [0.25, 0.3) is 0 Å². The summed E-state index contributed by atoms with van der Waals surface area (Å²) in [6.45, 7) is 1.09. The monoisotopic (exact) mass is 187 g/mol. The minimum atomic E-state index is -0.937. The Balaban J connectivity index is 2.46. The molecule has 0 aliphatic carbocycles. The van der Waals surface area contributed by atoms with Crippen LogP contribution in [0.15, 0.2) is 0 Å². The van der Waals surface area contributed by atoms with Crippen molar-refractivity contribution in [1.82, 2.24) is 10.4 Å². The molecule has 1 aliphatic rings. The molecule has 0 aromatic carbocycles. The highest BCUT2D eigenvalue weighted by Gasteiger charge is 2.29. The molecule has 6 heteroatoms. The molecular weight excluding hydrogens is 174 g/mol. The zero-order valence-electron chi connectivity index (χ0n) is 7.19. The van der Waals surface area contributed by atoms with Crippen molar-refractivity contribution in [2.75, 3.05) is 19.6 Å². The number of nitrogens with one attached hydrogen (secondary N) is 1. The molecule has 1 heterocycles. The van der Waals surface area contributed by atoms with Crippen LogP contribution in [0.25, 0.3) is 0 Å². The van der Waals surface area contributed by atoms with E-state index in [1.54, 1.807) is 0 Å². The second kappa shape index (κ2) is 4.20. The number of carbonyl (C=O) groups is 2. The number of carboxylic acids is 1. The van der Waals surface area contributed by atoms with Gasteiger partial charge in [-0.25, -0.2) is 5.43 Å². The molecule has 1 rings (SSSR count). The first-order chi connectivity index (χ1) is 6.15. The lowest BCUT2D eigenvalue weighted by Crippen LogP contribution is -2.53. The fourth-order valence-electron chi connectivity index (χ4n) is 1.21. The highest BCUT2D eigenvalue weighted by Crippen LogP contribution is 2.09. The van der Waals surface area contributed by atoms with E-state index in [-0.39, 0.29) is 12.3 Å². The van der Waals surface area contributed by atoms with E-state index in [1.807, 2.05) is 0 Å². The van der Waals surface area contributed by atoms with Crippen molar-refractivity contribution in [3.63, 3.8) is 0 Å². The van der Waals surface area contributed by atoms with Crippen LogP contribution < -0.4 is 11.2 Å². The van der Waals surface area contributed by atoms with E-state index in [4.69, 9.17) is 10.8 Å². The minimum Gasteiger partial charge on any atom is -0.481 e. The van der Waals surface area contributed by atoms with Crippen molar-refractivity contribution in [2.45, 2.75) is 6.42 Å². The second-order valence-corrected chi connectivity index (χ2v) is 2.94. The summed E-state index contributed by atoms with van der Waals surface area (Å²) < 4.78 is 0. The Morgan fingerprint density at radius 2 is 2.46 bits per heavy atom. The number of hydrogen-bond acceptors (Lipinski definition) is 4. The lowest BCUT2D eigenvalue weighted by molar-refractivity contribution is -0.151. The summed E-state index contributed by atoms with van der Waals surface area (Å²) in [6.07, 6.45) is 0.0579. The Morgan fingerprint density at radius 3 is 2.92 bits per heavy atom. The van der Waals surface area contributed by atoms with Crippen LogP contribution in [0.3, 0.4) is 0 Å². The molecular formula is C7H13N3O3. The third kappa shape index (κ3) is 2.40. The summed E-state index contributed by atoms with van der Waals surface area (Å²) in [4.78, 5) is 21.8. The van der Waals surface area contributed by atoms with Crippen LogP contribution in [-0.2, 0) is 9.59 Å². The molecule has 0 aromatic heterocycles. The summed E-state index contributed by atoms with van der Waals surface area (Å²) >= 11 is 0. The van der Waals surface area contributed by atoms with Gasteiger partial charge in [0.1, 0.15) is 0 Å². The Kier molecular flexibility index (Phi) is 3.21. The standard InChI is InChI=1S/C7H13N3O3/c8-1-2-10-6(11)3-5(4-9-10)7(12)13/h5,9H,1-4,8H2,(H,12,13). The largest absolute Gasteiger partial charge is 0.481 e. The second-order valence-electron chi connectivity index (χ2n) is 2.94. The van der Waals surface area contributed by atoms with Gasteiger partial charge in [-0.05, 0) is 0 Å². The molecule has 0 spiro atoms. The molecule has 13 heavy (non-hydrogen) atoms. The first-order valence-corrected chi connectivity index (χ1v) is 4.12. The Morgan fingerprint density at radius 1 is 1.77 bits per heavy atom. The zero-order valence-corrected chi connectivity index (χ0v) is 7.19. The number of hydrogen-bond donors (Lipinski definition) is 3. The average molecular weight is 187 g/mol. The number of carbonyl (C=O) groups excluding carboxylic acids is 1. The predicted molar refractivity (Wildman–Crippen MR) is 44.5 cm³/mol. The quantitative estimate of drug-likeness (QED) is 0.493. The molecule has 1 unspecified atom stereocenters. The maximum atomic E-state index is 11.2. The predicted octanol–water partition coefficient (Wildman–Crippen LogP) is -1.62. The summed E-state index contributed by atoms with van der Waals surface area (Å²) in [5, 5.41) is 10.0. The van der Waals surface area contributed by atoms with Gasteiger partial charge in [-0.1, -0.05) is 0 Å². The molecule has 1 saturated heterocycles. The third-order valence-corrected chi connectivity index (χ3v) is 1.95. The molecule has 74 valence electrons. The van der Waals surface area contributed by atoms with Gasteiger partial charge in [-0.2, -0.15) is 0 Å². The summed E-state index contributed by atoms with van der Waals surface area (Å²) in [5.41, 5.74) is 7.99. The van der Waals surface area contributed by atoms with Gasteiger partial charge < -0.3 is 10.8 Å². The smallest absolute Gasteiger partial charge is 0.308 e. The van der Waals surface area contributed by atoms with Crippen molar-refractivity contribution in [1.29, 1.82) is 0 Å². The highest BCUT2D eigenvalue weighted by molar-refractivity contribution is 5.83. The van der Waals surface area contributed by atoms with Gasteiger partial charge in [0.05, 0.1) is 5.92 Å². The fourth-order valence-corrected chi connectivity index (χ4v) is 1.21. The van der Waals surface area contributed by atoms with Crippen LogP contribution >= 0.6 is 0 Å². The van der Waals surface area contributed by atoms with Crippen molar-refractivity contribution in [3.8, 4) is 0 Å². The summed E-state index contributed by atoms with van der Waals surface area (Å²) in [6, 6.07) is 0. The van der Waals surface area contributed by atoms with Crippen molar-refractivity contribution in [3.05, 3.63) is 0 Å². The van der Waals surface area contributed by atoms with Crippen LogP contribution in [0.5, 0.6) is 0 Å². The topological polar surface area (TPSA) is 95.7 Å². The SMILES string of the molecule is NCCN1NCC(C(=O)O)CC1=O. The Hall–Kier alpha value is -1.14. The molecule has 6 nitrogen and oxygen atoms in total. The Labute approximate surface area is 75.7 Å². The van der Waals surface area contributed by atoms with E-state index in [0.717, 1.165) is 0 Å². The first kappa shape index (κ1) is 9.94. The van der Waals surface area contributed by atoms with Crippen LogP contribution in [0.4, 0.5) is 0 Å². The van der Waals surface area contributed by atoms with Crippen molar-refractivity contribution < 1.29 is 14.7 Å². The van der Waals surface area contributed by atoms with Gasteiger partial charge in [0.15, 0.2) is 0 Å². The maximum absolute atomic E-state index is 11.2. The van der Waals surface area contributed by atoms with E-state index >= 15 is 0 Å². The molecule has 1 aliphatic heterocycles. The summed E-state index contributed by atoms with van der Waals surface area (Å²) in [5.74, 6) is -1.75. The normalized spacial score (nSPS) is 23.3. The van der Waals surface area contributed by atoms with E-state index in [2.05, 4.69) is 5.43 Å². The average Bonchev–Trinajstić information content (AvgIpc) is 2.08. The number of rotatable bonds is 3. The van der Waals surface area contributed by atoms with Crippen LogP contribution in [0.1, 0.15) is 6.42 Å². The molecule has 1 amide bonds. The number of nitrogens with two attached hydrogens (primary N) is 1. The van der Waals surface area contributed by atoms with Gasteiger partial charge in [0, 0.05) is 26.1 Å². The lowest BCUT2D eigenvalue weighted by Gasteiger charge is -2.30. The van der Waals surface area contributed by atoms with Gasteiger partial charge in [-0.3, -0.25) is 14.6 Å². The number of hydrazine groups is 1. The van der Waals surface area contributed by atoms with E-state index in [1.165, 1.54) is 5.01 Å². The fraction of sp³-hybridized carbons (Fsp3) is 0.714. The molecule has 4 N–H and O–H groups in total. The molecule has 0 aromatic rings. The number of nitrogens with zero attached hydrogens (tertiary/aromatic N) is 1. The van der Waals surface area contributed by atoms with Crippen LogP contribution in [0.2, 0.25) is 0 Å². The molecule has 1 fully saturated rings. The number of amides is 1. The third-order valence-electron chi connectivity index (χ3n) is 1.95. The van der Waals surface area contributed by atoms with Gasteiger partial charge >= 0.3 is 5.97 Å². The highest BCUT2D eigenvalue weighted by atomic mass is 16.4. The van der Waals surface area contributed by atoms with Crippen LogP contribution in [0, 0.1) is 5.92 Å². The van der Waals surface area contributed by atoms with Crippen molar-refractivity contribution in [2.24, 2.45) is 11.7 Å². The number of carboxylic acid groups (broad SMARTS) is 1. The molecule has 0 radical (unpaired) electrons. The Bertz CT molecular complexity index is 219. The van der Waals surface area contributed by atoms with E-state index < -0.39 is 11.9 Å². The summed E-state index contributed by atoms with van der Waals surface area (Å²) in [7, 11) is 0. The van der Waals surface area contributed by atoms with Gasteiger partial charge in [-0.15, -0.1) is 0 Å². The first-order valence-electron chi connectivity index (χ1n) is 4.12. The van der Waals surface area contributed by atoms with Gasteiger partial charge in [0.2, 0.25) is 5.91 Å². The van der Waals surface area contributed by atoms with E-state index in [9.17, 15) is 9.59 Å². The van der Waals surface area contributed by atoms with Crippen LogP contribution in [-0.4, -0.2) is 41.6 Å². The molecule has 0 bridgehead atoms. The molecule has 1 atom stereocenters. The number of aliphatic carboxylic acids is 1. The maximum Gasteiger partial charge on any atom is 0.308 e. The zero-order chi connectivity index (χ0) is 9.84. The van der Waals surface area contributed by atoms with E-state index in [0.29, 0.717) is 19.6 Å². The molecule has 0 saturated carbocycles. The lowest BCUT2D eigenvalue weighted by atomic mass is 10.0. The van der Waals surface area contributed by atoms with Crippen molar-refractivity contribution >= 4 is 11.9 Å². The minimum absolute atomic E-state index is 0.0579.